The number of carbonyl (C=O) groups is 2. The average molecular weight is 362 g/mol. The summed E-state index contributed by atoms with van der Waals surface area (Å²) in [6, 6.07) is 4.17. The molecule has 2 atom stereocenters. The maximum absolute atomic E-state index is 12.5. The Morgan fingerprint density at radius 3 is 2.88 bits per heavy atom. The van der Waals surface area contributed by atoms with Crippen molar-refractivity contribution in [1.29, 1.82) is 0 Å². The van der Waals surface area contributed by atoms with Crippen LogP contribution in [0.1, 0.15) is 41.6 Å². The number of nitro groups is 1. The summed E-state index contributed by atoms with van der Waals surface area (Å²) in [4.78, 5) is 36.8. The summed E-state index contributed by atoms with van der Waals surface area (Å²) in [5.41, 5.74) is 0.371. The van der Waals surface area contributed by atoms with Crippen molar-refractivity contribution in [2.75, 3.05) is 19.8 Å². The molecule has 26 heavy (non-hydrogen) atoms. The number of aryl methyl sites for hydroxylation is 1. The molecule has 0 bridgehead atoms. The van der Waals surface area contributed by atoms with E-state index in [0.29, 0.717) is 18.7 Å². The summed E-state index contributed by atoms with van der Waals surface area (Å²) in [5, 5.41) is 11.0. The zero-order valence-electron chi connectivity index (χ0n) is 14.7. The fourth-order valence-corrected chi connectivity index (χ4v) is 3.63. The van der Waals surface area contributed by atoms with Gasteiger partial charge in [0.1, 0.15) is 0 Å². The van der Waals surface area contributed by atoms with Gasteiger partial charge in [0.25, 0.3) is 11.6 Å². The summed E-state index contributed by atoms with van der Waals surface area (Å²) < 4.78 is 10.8. The molecular weight excluding hydrogens is 340 g/mol. The first-order chi connectivity index (χ1) is 12.5. The highest BCUT2D eigenvalue weighted by atomic mass is 16.6. The second kappa shape index (κ2) is 7.82. The molecule has 8 nitrogen and oxygen atoms in total. The normalized spacial score (nSPS) is 22.4. The predicted octanol–water partition coefficient (Wildman–Crippen LogP) is 2.23. The molecule has 3 rings (SSSR count). The van der Waals surface area contributed by atoms with E-state index in [1.54, 1.807) is 11.8 Å². The molecule has 0 unspecified atom stereocenters. The molecule has 1 aliphatic heterocycles. The Balaban J connectivity index is 1.61. The highest BCUT2D eigenvalue weighted by molar-refractivity contribution is 5.92. The Labute approximate surface area is 151 Å². The smallest absolute Gasteiger partial charge is 0.338 e. The number of nitrogens with zero attached hydrogens (tertiary/aromatic N) is 2. The van der Waals surface area contributed by atoms with Crippen molar-refractivity contribution in [1.82, 2.24) is 4.90 Å². The third kappa shape index (κ3) is 3.85. The van der Waals surface area contributed by atoms with E-state index in [4.69, 9.17) is 9.47 Å². The Bertz CT molecular complexity index is 718. The van der Waals surface area contributed by atoms with Gasteiger partial charge in [-0.1, -0.05) is 18.9 Å². The predicted molar refractivity (Wildman–Crippen MR) is 91.8 cm³/mol. The number of carbonyl (C=O) groups excluding carboxylic acids is 2. The second-order valence-corrected chi connectivity index (χ2v) is 6.68. The number of morpholine rings is 1. The Morgan fingerprint density at radius 1 is 1.35 bits per heavy atom. The minimum Gasteiger partial charge on any atom is -0.452 e. The first kappa shape index (κ1) is 18.3. The van der Waals surface area contributed by atoms with E-state index >= 15 is 0 Å². The summed E-state index contributed by atoms with van der Waals surface area (Å²) in [6.07, 6.45) is 4.07. The maximum Gasteiger partial charge on any atom is 0.338 e. The van der Waals surface area contributed by atoms with Crippen molar-refractivity contribution in [3.05, 3.63) is 39.4 Å². The van der Waals surface area contributed by atoms with Crippen molar-refractivity contribution in [3.8, 4) is 0 Å². The second-order valence-electron chi connectivity index (χ2n) is 6.68. The molecular formula is C18H22N2O6. The number of benzene rings is 1. The van der Waals surface area contributed by atoms with Gasteiger partial charge < -0.3 is 14.4 Å². The lowest BCUT2D eigenvalue weighted by Gasteiger charge is -2.43. The van der Waals surface area contributed by atoms with Crippen LogP contribution in [0, 0.1) is 17.0 Å². The molecule has 1 saturated carbocycles. The number of nitro benzene ring substituents is 1. The van der Waals surface area contributed by atoms with Crippen LogP contribution in [0.5, 0.6) is 0 Å². The molecule has 1 aliphatic carbocycles. The summed E-state index contributed by atoms with van der Waals surface area (Å²) in [6.45, 7) is 2.21. The van der Waals surface area contributed by atoms with E-state index in [9.17, 15) is 19.7 Å². The molecule has 0 radical (unpaired) electrons. The van der Waals surface area contributed by atoms with Crippen molar-refractivity contribution in [2.45, 2.75) is 44.8 Å². The van der Waals surface area contributed by atoms with Crippen LogP contribution in [0.3, 0.4) is 0 Å². The van der Waals surface area contributed by atoms with Gasteiger partial charge in [0.15, 0.2) is 6.61 Å². The van der Waals surface area contributed by atoms with Gasteiger partial charge in [0.05, 0.1) is 29.2 Å². The van der Waals surface area contributed by atoms with Crippen LogP contribution in [0.15, 0.2) is 18.2 Å². The molecule has 0 aromatic heterocycles. The standard InChI is InChI=1S/C18H22N2O6/c1-12-6-7-13(10-15(12)20(23)24)18(22)26-11-17(21)19-8-9-25-16-5-3-2-4-14(16)19/h6-7,10,14,16H,2-5,8-9,11H2,1H3/t14-,16-/m1/s1. The van der Waals surface area contributed by atoms with Crippen LogP contribution in [0.2, 0.25) is 0 Å². The number of fused-ring (bicyclic) bond motifs is 1. The van der Waals surface area contributed by atoms with Gasteiger partial charge in [0, 0.05) is 18.2 Å². The van der Waals surface area contributed by atoms with Gasteiger partial charge in [-0.15, -0.1) is 0 Å². The molecule has 1 amide bonds. The average Bonchev–Trinajstić information content (AvgIpc) is 2.65. The lowest BCUT2D eigenvalue weighted by atomic mass is 9.90. The minimum absolute atomic E-state index is 0.0455. The minimum atomic E-state index is -0.741. The third-order valence-corrected chi connectivity index (χ3v) is 5.02. The molecule has 2 aliphatic rings. The maximum atomic E-state index is 12.5. The van der Waals surface area contributed by atoms with Crippen LogP contribution >= 0.6 is 0 Å². The van der Waals surface area contributed by atoms with E-state index in [0.717, 1.165) is 25.7 Å². The molecule has 8 heteroatoms. The number of hydrogen-bond donors (Lipinski definition) is 0. The number of rotatable bonds is 4. The van der Waals surface area contributed by atoms with Gasteiger partial charge in [-0.3, -0.25) is 14.9 Å². The van der Waals surface area contributed by atoms with E-state index in [-0.39, 0.29) is 35.9 Å². The quantitative estimate of drug-likeness (QED) is 0.463. The van der Waals surface area contributed by atoms with Crippen LogP contribution in [-0.2, 0) is 14.3 Å². The molecule has 1 saturated heterocycles. The van der Waals surface area contributed by atoms with Crippen LogP contribution < -0.4 is 0 Å². The lowest BCUT2D eigenvalue weighted by molar-refractivity contribution is -0.385. The lowest BCUT2D eigenvalue weighted by Crippen LogP contribution is -2.55. The number of amides is 1. The zero-order valence-corrected chi connectivity index (χ0v) is 14.7. The number of esters is 1. The van der Waals surface area contributed by atoms with Gasteiger partial charge >= 0.3 is 5.97 Å². The molecule has 140 valence electrons. The van der Waals surface area contributed by atoms with E-state index in [2.05, 4.69) is 0 Å². The van der Waals surface area contributed by atoms with Crippen LogP contribution in [-0.4, -0.2) is 53.6 Å². The third-order valence-electron chi connectivity index (χ3n) is 5.02. The fraction of sp³-hybridized carbons (Fsp3) is 0.556. The first-order valence-corrected chi connectivity index (χ1v) is 8.80. The number of ether oxygens (including phenoxy) is 2. The zero-order chi connectivity index (χ0) is 18.7. The molecule has 0 N–H and O–H groups in total. The SMILES string of the molecule is Cc1ccc(C(=O)OCC(=O)N2CCO[C@@H]3CCCC[C@H]32)cc1[N+](=O)[O-]. The van der Waals surface area contributed by atoms with Gasteiger partial charge in [-0.2, -0.15) is 0 Å². The summed E-state index contributed by atoms with van der Waals surface area (Å²) in [5.74, 6) is -0.991. The van der Waals surface area contributed by atoms with Gasteiger partial charge in [0.2, 0.25) is 0 Å². The molecule has 1 aromatic rings. The van der Waals surface area contributed by atoms with Crippen LogP contribution in [0.4, 0.5) is 5.69 Å². The number of hydrogen-bond acceptors (Lipinski definition) is 6. The van der Waals surface area contributed by atoms with Gasteiger partial charge in [-0.05, 0) is 25.8 Å². The van der Waals surface area contributed by atoms with Crippen molar-refractivity contribution in [3.63, 3.8) is 0 Å². The van der Waals surface area contributed by atoms with E-state index in [1.807, 2.05) is 0 Å². The molecule has 1 heterocycles. The highest BCUT2D eigenvalue weighted by Gasteiger charge is 2.36. The molecule has 0 spiro atoms. The fourth-order valence-electron chi connectivity index (χ4n) is 3.63. The molecule has 2 fully saturated rings. The largest absolute Gasteiger partial charge is 0.452 e. The molecule has 1 aromatic carbocycles. The highest BCUT2D eigenvalue weighted by Crippen LogP contribution is 2.28. The van der Waals surface area contributed by atoms with Crippen molar-refractivity contribution < 1.29 is 24.0 Å². The summed E-state index contributed by atoms with van der Waals surface area (Å²) >= 11 is 0. The topological polar surface area (TPSA) is 99.0 Å². The monoisotopic (exact) mass is 362 g/mol. The van der Waals surface area contributed by atoms with Crippen molar-refractivity contribution >= 4 is 17.6 Å². The van der Waals surface area contributed by atoms with Crippen LogP contribution in [0.25, 0.3) is 0 Å². The Morgan fingerprint density at radius 2 is 2.12 bits per heavy atom. The van der Waals surface area contributed by atoms with E-state index in [1.165, 1.54) is 18.2 Å². The van der Waals surface area contributed by atoms with Gasteiger partial charge in [-0.25, -0.2) is 4.79 Å². The Kier molecular flexibility index (Phi) is 5.51. The summed E-state index contributed by atoms with van der Waals surface area (Å²) in [7, 11) is 0. The van der Waals surface area contributed by atoms with E-state index < -0.39 is 10.9 Å². The van der Waals surface area contributed by atoms with Crippen molar-refractivity contribution in [2.24, 2.45) is 0 Å². The first-order valence-electron chi connectivity index (χ1n) is 8.80. The Hall–Kier alpha value is -2.48.